The summed E-state index contributed by atoms with van der Waals surface area (Å²) in [7, 11) is 0. The average molecular weight is 441 g/mol. The first-order chi connectivity index (χ1) is 15.5. The van der Waals surface area contributed by atoms with Crippen molar-refractivity contribution in [2.24, 2.45) is 5.92 Å². The van der Waals surface area contributed by atoms with E-state index in [4.69, 9.17) is 12.8 Å². The van der Waals surface area contributed by atoms with Gasteiger partial charge in [0.1, 0.15) is 0 Å². The van der Waals surface area contributed by atoms with E-state index in [0.717, 1.165) is 82.6 Å². The summed E-state index contributed by atoms with van der Waals surface area (Å²) >= 11 is 0. The molecule has 32 heavy (non-hydrogen) atoms. The normalized spacial score (nSPS) is 16.2. The van der Waals surface area contributed by atoms with Gasteiger partial charge in [0.2, 0.25) is 11.8 Å². The fourth-order valence-corrected chi connectivity index (χ4v) is 4.06. The summed E-state index contributed by atoms with van der Waals surface area (Å²) in [5, 5.41) is 2.96. The van der Waals surface area contributed by atoms with Crippen LogP contribution in [-0.2, 0) is 14.4 Å². The molecule has 0 saturated carbocycles. The van der Waals surface area contributed by atoms with E-state index in [9.17, 15) is 14.4 Å². The van der Waals surface area contributed by atoms with E-state index in [1.54, 1.807) is 6.08 Å². The van der Waals surface area contributed by atoms with E-state index in [-0.39, 0.29) is 29.7 Å². The molecule has 0 bridgehead atoms. The van der Waals surface area contributed by atoms with Gasteiger partial charge in [-0.05, 0) is 56.9 Å². The molecular formula is C27H40N2O3. The summed E-state index contributed by atoms with van der Waals surface area (Å²) < 4.78 is 0. The second-order valence-corrected chi connectivity index (χ2v) is 8.60. The van der Waals surface area contributed by atoms with Gasteiger partial charge < -0.3 is 5.32 Å². The van der Waals surface area contributed by atoms with Crippen LogP contribution in [-0.4, -0.2) is 35.2 Å². The van der Waals surface area contributed by atoms with Gasteiger partial charge in [0, 0.05) is 37.8 Å². The Kier molecular flexibility index (Phi) is 13.9. The number of carbonyl (C=O) groups is 3. The lowest BCUT2D eigenvalue weighted by atomic mass is 9.97. The molecule has 0 aromatic carbocycles. The van der Waals surface area contributed by atoms with Crippen LogP contribution in [0, 0.1) is 30.6 Å². The minimum absolute atomic E-state index is 0.0753. The molecule has 1 aliphatic rings. The molecule has 1 N–H and O–H groups in total. The monoisotopic (exact) mass is 440 g/mol. The molecule has 0 spiro atoms. The van der Waals surface area contributed by atoms with E-state index >= 15 is 0 Å². The first-order valence-corrected chi connectivity index (χ1v) is 12.2. The lowest BCUT2D eigenvalue weighted by Gasteiger charge is -2.28. The first kappa shape index (κ1) is 27.5. The minimum Gasteiger partial charge on any atom is -0.356 e. The number of hydrogen-bond donors (Lipinski definition) is 1. The third-order valence-electron chi connectivity index (χ3n) is 6.01. The van der Waals surface area contributed by atoms with Crippen molar-refractivity contribution < 1.29 is 14.4 Å². The highest BCUT2D eigenvalue weighted by molar-refractivity contribution is 6.05. The Labute approximate surface area is 194 Å². The summed E-state index contributed by atoms with van der Waals surface area (Å²) in [6.45, 7) is 4.54. The van der Waals surface area contributed by atoms with Crippen molar-refractivity contribution in [1.29, 1.82) is 0 Å². The van der Waals surface area contributed by atoms with Gasteiger partial charge in [-0.3, -0.25) is 19.3 Å². The summed E-state index contributed by atoms with van der Waals surface area (Å²) in [5.41, 5.74) is 1.03. The van der Waals surface area contributed by atoms with Crippen molar-refractivity contribution in [1.82, 2.24) is 10.2 Å². The molecule has 2 atom stereocenters. The fourth-order valence-electron chi connectivity index (χ4n) is 4.06. The van der Waals surface area contributed by atoms with Crippen LogP contribution in [0.4, 0.5) is 0 Å². The zero-order valence-corrected chi connectivity index (χ0v) is 20.0. The van der Waals surface area contributed by atoms with Gasteiger partial charge in [-0.15, -0.1) is 24.7 Å². The molecule has 5 heteroatoms. The smallest absolute Gasteiger partial charge is 0.253 e. The third kappa shape index (κ3) is 9.73. The zero-order chi connectivity index (χ0) is 23.8. The van der Waals surface area contributed by atoms with Crippen molar-refractivity contribution in [2.75, 3.05) is 6.54 Å². The minimum atomic E-state index is -0.191. The van der Waals surface area contributed by atoms with Crippen LogP contribution < -0.4 is 5.32 Å². The first-order valence-electron chi connectivity index (χ1n) is 12.2. The molecule has 0 aliphatic carbocycles. The maximum Gasteiger partial charge on any atom is 0.253 e. The molecule has 1 aliphatic heterocycles. The number of unbranched alkanes of at least 4 members (excludes halogenated alkanes) is 6. The summed E-state index contributed by atoms with van der Waals surface area (Å²) in [5.74, 6) is 4.84. The lowest BCUT2D eigenvalue weighted by molar-refractivity contribution is -0.145. The van der Waals surface area contributed by atoms with Crippen molar-refractivity contribution in [3.8, 4) is 24.7 Å². The van der Waals surface area contributed by atoms with Gasteiger partial charge in [0.15, 0.2) is 0 Å². The lowest BCUT2D eigenvalue weighted by Crippen LogP contribution is -2.43. The molecule has 5 nitrogen and oxygen atoms in total. The third-order valence-corrected chi connectivity index (χ3v) is 6.01. The van der Waals surface area contributed by atoms with E-state index in [1.165, 1.54) is 4.90 Å². The molecule has 0 aromatic heterocycles. The van der Waals surface area contributed by atoms with Crippen LogP contribution in [0.3, 0.4) is 0 Å². The van der Waals surface area contributed by atoms with Gasteiger partial charge >= 0.3 is 0 Å². The number of carbonyl (C=O) groups excluding carboxylic acids is 3. The highest BCUT2D eigenvalue weighted by Crippen LogP contribution is 2.29. The molecule has 1 heterocycles. The Morgan fingerprint density at radius 3 is 2.41 bits per heavy atom. The molecular weight excluding hydrogens is 400 g/mol. The molecule has 1 rings (SSSR count). The van der Waals surface area contributed by atoms with Crippen LogP contribution >= 0.6 is 0 Å². The Bertz CT molecular complexity index is 726. The van der Waals surface area contributed by atoms with Gasteiger partial charge in [-0.2, -0.15) is 0 Å². The van der Waals surface area contributed by atoms with E-state index < -0.39 is 0 Å². The SMILES string of the molecule is C#CCCCCCC(=O)NCCCC[C@@H]1C(CC)=CC(=O)N1C(=O)[C@H](C)CCCCC#C. The van der Waals surface area contributed by atoms with E-state index in [1.807, 2.05) is 13.8 Å². The van der Waals surface area contributed by atoms with Crippen LogP contribution in [0.5, 0.6) is 0 Å². The summed E-state index contributed by atoms with van der Waals surface area (Å²) in [4.78, 5) is 38.9. The molecule has 0 radical (unpaired) electrons. The number of imide groups is 1. The van der Waals surface area contributed by atoms with Crippen LogP contribution in [0.2, 0.25) is 0 Å². The molecule has 0 unspecified atom stereocenters. The zero-order valence-electron chi connectivity index (χ0n) is 20.0. The Hall–Kier alpha value is -2.53. The highest BCUT2D eigenvalue weighted by atomic mass is 16.2. The summed E-state index contributed by atoms with van der Waals surface area (Å²) in [6, 6.07) is -0.153. The predicted octanol–water partition coefficient (Wildman–Crippen LogP) is 4.76. The van der Waals surface area contributed by atoms with Crippen molar-refractivity contribution in [3.63, 3.8) is 0 Å². The van der Waals surface area contributed by atoms with Crippen molar-refractivity contribution in [3.05, 3.63) is 11.6 Å². The number of hydrogen-bond acceptors (Lipinski definition) is 3. The maximum absolute atomic E-state index is 13.0. The van der Waals surface area contributed by atoms with E-state index in [0.29, 0.717) is 13.0 Å². The number of nitrogens with one attached hydrogen (secondary N) is 1. The number of rotatable bonds is 16. The molecule has 0 fully saturated rings. The Morgan fingerprint density at radius 2 is 1.75 bits per heavy atom. The largest absolute Gasteiger partial charge is 0.356 e. The van der Waals surface area contributed by atoms with E-state index in [2.05, 4.69) is 17.2 Å². The topological polar surface area (TPSA) is 66.5 Å². The Morgan fingerprint density at radius 1 is 1.06 bits per heavy atom. The highest BCUT2D eigenvalue weighted by Gasteiger charge is 2.37. The molecule has 0 aromatic rings. The quantitative estimate of drug-likeness (QED) is 0.278. The van der Waals surface area contributed by atoms with Crippen molar-refractivity contribution >= 4 is 17.7 Å². The molecule has 0 saturated heterocycles. The summed E-state index contributed by atoms with van der Waals surface area (Å²) in [6.07, 6.45) is 22.7. The predicted molar refractivity (Wildman–Crippen MR) is 129 cm³/mol. The van der Waals surface area contributed by atoms with Crippen molar-refractivity contribution in [2.45, 2.75) is 103 Å². The van der Waals surface area contributed by atoms with Gasteiger partial charge in [0.25, 0.3) is 5.91 Å². The van der Waals surface area contributed by atoms with Gasteiger partial charge in [0.05, 0.1) is 6.04 Å². The maximum atomic E-state index is 13.0. The molecule has 176 valence electrons. The fraction of sp³-hybridized carbons (Fsp3) is 0.667. The second-order valence-electron chi connectivity index (χ2n) is 8.60. The second kappa shape index (κ2) is 16.2. The van der Waals surface area contributed by atoms with Gasteiger partial charge in [-0.25, -0.2) is 0 Å². The standard InChI is InChI=1S/C27H40N2O3/c1-5-8-10-12-14-19-25(30)28-20-16-15-18-24-23(7-3)21-26(31)29(24)27(32)22(4)17-13-11-9-6-2/h1-2,21-22,24H,7-20H2,3-4H3,(H,28,30)/t22-,24-/m1/s1. The average Bonchev–Trinajstić information content (AvgIpc) is 3.10. The van der Waals surface area contributed by atoms with Crippen LogP contribution in [0.15, 0.2) is 11.6 Å². The number of nitrogens with zero attached hydrogens (tertiary/aromatic N) is 1. The number of amides is 3. The number of terminal acetylenes is 2. The van der Waals surface area contributed by atoms with Crippen LogP contribution in [0.25, 0.3) is 0 Å². The molecule has 3 amide bonds. The van der Waals surface area contributed by atoms with Crippen LogP contribution in [0.1, 0.15) is 97.3 Å². The van der Waals surface area contributed by atoms with Gasteiger partial charge in [-0.1, -0.05) is 26.7 Å². The Balaban J connectivity index is 2.42.